The summed E-state index contributed by atoms with van der Waals surface area (Å²) in [5.41, 5.74) is -2.67. The van der Waals surface area contributed by atoms with E-state index >= 15 is 0 Å². The highest BCUT2D eigenvalue weighted by Gasteiger charge is 2.38. The van der Waals surface area contributed by atoms with Gasteiger partial charge >= 0.3 is 18.2 Å². The van der Waals surface area contributed by atoms with Gasteiger partial charge in [0.25, 0.3) is 11.4 Å². The molecule has 3 aromatic rings. The second-order valence-corrected chi connectivity index (χ2v) is 5.12. The smallest absolute Gasteiger partial charge is 0.411 e. The van der Waals surface area contributed by atoms with Crippen LogP contribution in [0.5, 0.6) is 0 Å². The molecule has 0 aliphatic rings. The van der Waals surface area contributed by atoms with Crippen molar-refractivity contribution in [2.75, 3.05) is 0 Å². The third-order valence-corrected chi connectivity index (χ3v) is 3.25. The van der Waals surface area contributed by atoms with E-state index in [0.29, 0.717) is 4.68 Å². The van der Waals surface area contributed by atoms with Crippen molar-refractivity contribution >= 4 is 0 Å². The third kappa shape index (κ3) is 3.96. The minimum absolute atomic E-state index is 0.318. The van der Waals surface area contributed by atoms with Crippen molar-refractivity contribution in [2.24, 2.45) is 0 Å². The molecule has 27 heavy (non-hydrogen) atoms. The van der Waals surface area contributed by atoms with Crippen molar-refractivity contribution in [3.8, 4) is 11.6 Å². The first-order valence-corrected chi connectivity index (χ1v) is 7.06. The molecule has 0 aliphatic heterocycles. The second-order valence-electron chi connectivity index (χ2n) is 5.12. The van der Waals surface area contributed by atoms with Crippen LogP contribution in [0, 0.1) is 0 Å². The molecule has 0 saturated heterocycles. The SMILES string of the molecule is O=c1ccc(-c2nnc(C(F)(F)F)o2)nn1Cc1ncccc1C(F)(F)F. The molecule has 0 atom stereocenters. The van der Waals surface area contributed by atoms with Crippen LogP contribution in [-0.2, 0) is 18.9 Å². The number of nitrogens with zero attached hydrogens (tertiary/aromatic N) is 5. The Balaban J connectivity index is 1.99. The quantitative estimate of drug-likeness (QED) is 0.639. The lowest BCUT2D eigenvalue weighted by Crippen LogP contribution is -2.25. The molecule has 0 saturated carbocycles. The standard InChI is InChI=1S/C14H7F6N5O2/c15-13(16,17)7-2-1-5-21-9(7)6-25-10(26)4-3-8(24-25)11-22-23-12(27-11)14(18,19)20/h1-5H,6H2. The zero-order chi connectivity index (χ0) is 19.8. The number of hydrogen-bond acceptors (Lipinski definition) is 6. The largest absolute Gasteiger partial charge is 0.470 e. The number of pyridine rings is 1. The Kier molecular flexibility index (Phi) is 4.45. The molecule has 0 radical (unpaired) electrons. The maximum atomic E-state index is 13.0. The van der Waals surface area contributed by atoms with Gasteiger partial charge in [0.1, 0.15) is 5.69 Å². The van der Waals surface area contributed by atoms with Gasteiger partial charge in [-0.1, -0.05) is 0 Å². The van der Waals surface area contributed by atoms with Crippen molar-refractivity contribution in [1.82, 2.24) is 25.0 Å². The minimum Gasteiger partial charge on any atom is -0.411 e. The average Bonchev–Trinajstić information content (AvgIpc) is 3.07. The van der Waals surface area contributed by atoms with Gasteiger partial charge in [0.15, 0.2) is 0 Å². The first-order chi connectivity index (χ1) is 12.6. The van der Waals surface area contributed by atoms with Crippen LogP contribution < -0.4 is 5.56 Å². The Morgan fingerprint density at radius 1 is 1.00 bits per heavy atom. The Labute approximate surface area is 145 Å². The summed E-state index contributed by atoms with van der Waals surface area (Å²) < 4.78 is 81.7. The van der Waals surface area contributed by atoms with Gasteiger partial charge in [-0.25, -0.2) is 4.68 Å². The van der Waals surface area contributed by atoms with Crippen molar-refractivity contribution in [1.29, 1.82) is 0 Å². The molecule has 0 amide bonds. The molecule has 13 heteroatoms. The number of aromatic nitrogens is 5. The molecule has 142 valence electrons. The van der Waals surface area contributed by atoms with E-state index in [-0.39, 0.29) is 5.69 Å². The maximum Gasteiger partial charge on any atom is 0.470 e. The molecule has 3 heterocycles. The first kappa shape index (κ1) is 18.5. The Morgan fingerprint density at radius 2 is 1.74 bits per heavy atom. The van der Waals surface area contributed by atoms with Gasteiger partial charge in [0.05, 0.1) is 17.8 Å². The van der Waals surface area contributed by atoms with Crippen LogP contribution in [0.2, 0.25) is 0 Å². The van der Waals surface area contributed by atoms with Crippen molar-refractivity contribution < 1.29 is 30.8 Å². The zero-order valence-corrected chi connectivity index (χ0v) is 12.9. The molecule has 3 aromatic heterocycles. The van der Waals surface area contributed by atoms with Crippen LogP contribution in [0.1, 0.15) is 17.1 Å². The van der Waals surface area contributed by atoms with Crippen LogP contribution in [-0.4, -0.2) is 25.0 Å². The molecular formula is C14H7F6N5O2. The number of alkyl halides is 6. The topological polar surface area (TPSA) is 86.7 Å². The zero-order valence-electron chi connectivity index (χ0n) is 12.9. The summed E-state index contributed by atoms with van der Waals surface area (Å²) in [6, 6.07) is 3.77. The number of hydrogen-bond donors (Lipinski definition) is 0. The molecule has 0 unspecified atom stereocenters. The molecule has 7 nitrogen and oxygen atoms in total. The highest BCUT2D eigenvalue weighted by atomic mass is 19.4. The molecule has 0 aromatic carbocycles. The molecular weight excluding hydrogens is 384 g/mol. The van der Waals surface area contributed by atoms with Crippen LogP contribution in [0.3, 0.4) is 0 Å². The molecule has 0 aliphatic carbocycles. The van der Waals surface area contributed by atoms with Crippen molar-refractivity contribution in [3.05, 3.63) is 58.0 Å². The van der Waals surface area contributed by atoms with Crippen LogP contribution in [0.4, 0.5) is 26.3 Å². The van der Waals surface area contributed by atoms with E-state index in [2.05, 4.69) is 24.7 Å². The van der Waals surface area contributed by atoms with Gasteiger partial charge in [-0.05, 0) is 18.2 Å². The van der Waals surface area contributed by atoms with E-state index in [0.717, 1.165) is 30.5 Å². The van der Waals surface area contributed by atoms with Gasteiger partial charge in [0, 0.05) is 12.3 Å². The van der Waals surface area contributed by atoms with Gasteiger partial charge < -0.3 is 4.42 Å². The fourth-order valence-electron chi connectivity index (χ4n) is 2.08. The average molecular weight is 391 g/mol. The van der Waals surface area contributed by atoms with E-state index in [1.54, 1.807) is 0 Å². The summed E-state index contributed by atoms with van der Waals surface area (Å²) in [7, 11) is 0. The van der Waals surface area contributed by atoms with Crippen LogP contribution in [0.25, 0.3) is 11.6 Å². The second kappa shape index (κ2) is 6.48. The first-order valence-electron chi connectivity index (χ1n) is 7.06. The lowest BCUT2D eigenvalue weighted by Gasteiger charge is -2.12. The molecule has 3 rings (SSSR count). The Morgan fingerprint density at radius 3 is 2.37 bits per heavy atom. The molecule has 0 spiro atoms. The van der Waals surface area contributed by atoms with Crippen molar-refractivity contribution in [2.45, 2.75) is 18.9 Å². The monoisotopic (exact) mass is 391 g/mol. The van der Waals surface area contributed by atoms with Gasteiger partial charge in [-0.3, -0.25) is 9.78 Å². The fraction of sp³-hybridized carbons (Fsp3) is 0.214. The van der Waals surface area contributed by atoms with Gasteiger partial charge in [0.2, 0.25) is 0 Å². The third-order valence-electron chi connectivity index (χ3n) is 3.25. The summed E-state index contributed by atoms with van der Waals surface area (Å²) in [4.78, 5) is 15.5. The van der Waals surface area contributed by atoms with E-state index in [1.165, 1.54) is 0 Å². The molecule has 0 fully saturated rings. The maximum absolute atomic E-state index is 13.0. The lowest BCUT2D eigenvalue weighted by atomic mass is 10.2. The van der Waals surface area contributed by atoms with Gasteiger partial charge in [-0.15, -0.1) is 10.2 Å². The van der Waals surface area contributed by atoms with E-state index in [4.69, 9.17) is 0 Å². The Bertz CT molecular complexity index is 1020. The van der Waals surface area contributed by atoms with E-state index < -0.39 is 47.5 Å². The van der Waals surface area contributed by atoms with E-state index in [1.807, 2.05) is 0 Å². The summed E-state index contributed by atoms with van der Waals surface area (Å²) in [6.45, 7) is -0.664. The molecule has 0 N–H and O–H groups in total. The summed E-state index contributed by atoms with van der Waals surface area (Å²) in [5.74, 6) is -2.27. The van der Waals surface area contributed by atoms with Crippen LogP contribution in [0.15, 0.2) is 39.7 Å². The fourth-order valence-corrected chi connectivity index (χ4v) is 2.08. The van der Waals surface area contributed by atoms with Crippen molar-refractivity contribution in [3.63, 3.8) is 0 Å². The number of rotatable bonds is 3. The highest BCUT2D eigenvalue weighted by Crippen LogP contribution is 2.31. The lowest BCUT2D eigenvalue weighted by molar-refractivity contribution is -0.157. The molecule has 0 bridgehead atoms. The van der Waals surface area contributed by atoms with Crippen LogP contribution >= 0.6 is 0 Å². The summed E-state index contributed by atoms with van der Waals surface area (Å²) in [5, 5.41) is 9.68. The minimum atomic E-state index is -4.88. The predicted octanol–water partition coefficient (Wildman–Crippen LogP) is 2.77. The van der Waals surface area contributed by atoms with Gasteiger partial charge in [-0.2, -0.15) is 31.4 Å². The normalized spacial score (nSPS) is 12.4. The predicted molar refractivity (Wildman–Crippen MR) is 75.1 cm³/mol. The number of halogens is 6. The van der Waals surface area contributed by atoms with E-state index in [9.17, 15) is 31.1 Å². The highest BCUT2D eigenvalue weighted by molar-refractivity contribution is 5.44. The summed E-state index contributed by atoms with van der Waals surface area (Å²) >= 11 is 0. The summed E-state index contributed by atoms with van der Waals surface area (Å²) in [6.07, 6.45) is -8.48. The Hall–Kier alpha value is -3.25.